The van der Waals surface area contributed by atoms with Crippen molar-refractivity contribution in [2.24, 2.45) is 5.92 Å². The molecule has 1 aromatic carbocycles. The number of halogens is 1. The molecule has 1 rings (SSSR count). The van der Waals surface area contributed by atoms with Gasteiger partial charge in [0.05, 0.1) is 5.92 Å². The van der Waals surface area contributed by atoms with Gasteiger partial charge in [0, 0.05) is 4.47 Å². The highest BCUT2D eigenvalue weighted by molar-refractivity contribution is 9.10. The molecule has 0 spiro atoms. The first kappa shape index (κ1) is 13.0. The quantitative estimate of drug-likeness (QED) is 0.895. The third-order valence-electron chi connectivity index (χ3n) is 2.56. The summed E-state index contributed by atoms with van der Waals surface area (Å²) >= 11 is 3.36. The molecule has 0 saturated heterocycles. The second kappa shape index (κ2) is 5.34. The van der Waals surface area contributed by atoms with Crippen molar-refractivity contribution in [1.82, 2.24) is 0 Å². The van der Waals surface area contributed by atoms with Gasteiger partial charge in [0.1, 0.15) is 5.75 Å². The molecular weight excluding hydrogens is 272 g/mol. The summed E-state index contributed by atoms with van der Waals surface area (Å²) in [4.78, 5) is 10.8. The van der Waals surface area contributed by atoms with Gasteiger partial charge in [-0.1, -0.05) is 29.8 Å². The van der Waals surface area contributed by atoms with Gasteiger partial charge >= 0.3 is 5.97 Å². The topological polar surface area (TPSA) is 57.5 Å². The molecule has 2 N–H and O–H groups in total. The van der Waals surface area contributed by atoms with E-state index in [0.717, 1.165) is 16.5 Å². The minimum Gasteiger partial charge on any atom is -0.507 e. The normalized spacial score (nSPS) is 12.4. The van der Waals surface area contributed by atoms with Crippen LogP contribution in [0.25, 0.3) is 0 Å². The zero-order valence-corrected chi connectivity index (χ0v) is 10.9. The third-order valence-corrected chi connectivity index (χ3v) is 3.02. The average molecular weight is 287 g/mol. The molecule has 0 saturated carbocycles. The lowest BCUT2D eigenvalue weighted by Gasteiger charge is -2.12. The number of rotatable bonds is 4. The number of hydrogen-bond donors (Lipinski definition) is 2. The summed E-state index contributed by atoms with van der Waals surface area (Å²) in [6, 6.07) is 3.62. The van der Waals surface area contributed by atoms with Crippen LogP contribution in [0.15, 0.2) is 16.6 Å². The lowest BCUT2D eigenvalue weighted by molar-refractivity contribution is -0.141. The molecule has 0 fully saturated rings. The summed E-state index contributed by atoms with van der Waals surface area (Å²) in [5.74, 6) is -1.12. The number of hydrogen-bond acceptors (Lipinski definition) is 2. The molecule has 0 aliphatic rings. The minimum atomic E-state index is -0.850. The van der Waals surface area contributed by atoms with Crippen LogP contribution in [0.4, 0.5) is 0 Å². The van der Waals surface area contributed by atoms with E-state index >= 15 is 0 Å². The van der Waals surface area contributed by atoms with Crippen molar-refractivity contribution in [2.75, 3.05) is 0 Å². The molecule has 0 heterocycles. The fourth-order valence-electron chi connectivity index (χ4n) is 1.56. The van der Waals surface area contributed by atoms with E-state index in [0.29, 0.717) is 12.0 Å². The maximum atomic E-state index is 10.8. The maximum Gasteiger partial charge on any atom is 0.306 e. The summed E-state index contributed by atoms with van der Waals surface area (Å²) in [6.07, 6.45) is 1.06. The van der Waals surface area contributed by atoms with E-state index in [1.165, 1.54) is 0 Å². The van der Waals surface area contributed by atoms with E-state index in [-0.39, 0.29) is 5.75 Å². The van der Waals surface area contributed by atoms with Crippen molar-refractivity contribution in [1.29, 1.82) is 0 Å². The zero-order chi connectivity index (χ0) is 12.3. The Balaban J connectivity index is 3.04. The first-order chi connectivity index (χ1) is 7.45. The predicted octanol–water partition coefficient (Wildman–Crippen LogP) is 2.98. The van der Waals surface area contributed by atoms with Gasteiger partial charge in [0.15, 0.2) is 0 Å². The number of carbonyl (C=O) groups is 1. The van der Waals surface area contributed by atoms with Crippen LogP contribution in [-0.4, -0.2) is 16.2 Å². The monoisotopic (exact) mass is 286 g/mol. The molecule has 1 aromatic rings. The molecular formula is C12H15BrO3. The van der Waals surface area contributed by atoms with E-state index < -0.39 is 11.9 Å². The van der Waals surface area contributed by atoms with Crippen molar-refractivity contribution < 1.29 is 15.0 Å². The predicted molar refractivity (Wildman–Crippen MR) is 65.7 cm³/mol. The average Bonchev–Trinajstić information content (AvgIpc) is 2.22. The standard InChI is InChI=1S/C12H15BrO3/c1-3-8-5-10(13)6-9(11(8)14)4-7(2)12(15)16/h5-7,14H,3-4H2,1-2H3,(H,15,16). The van der Waals surface area contributed by atoms with Gasteiger partial charge < -0.3 is 10.2 Å². The fourth-order valence-corrected chi connectivity index (χ4v) is 2.11. The van der Waals surface area contributed by atoms with Crippen molar-refractivity contribution in [3.63, 3.8) is 0 Å². The van der Waals surface area contributed by atoms with Gasteiger partial charge in [-0.15, -0.1) is 0 Å². The Kier molecular flexibility index (Phi) is 4.35. The summed E-state index contributed by atoms with van der Waals surface area (Å²) in [5.41, 5.74) is 1.52. The maximum absolute atomic E-state index is 10.8. The lowest BCUT2D eigenvalue weighted by atomic mass is 9.97. The van der Waals surface area contributed by atoms with Crippen molar-refractivity contribution in [3.05, 3.63) is 27.7 Å². The van der Waals surface area contributed by atoms with Crippen LogP contribution < -0.4 is 0 Å². The SMILES string of the molecule is CCc1cc(Br)cc(CC(C)C(=O)O)c1O. The molecule has 1 unspecified atom stereocenters. The summed E-state index contributed by atoms with van der Waals surface area (Å²) in [6.45, 7) is 3.58. The van der Waals surface area contributed by atoms with Crippen LogP contribution in [-0.2, 0) is 17.6 Å². The Bertz CT molecular complexity index is 401. The first-order valence-electron chi connectivity index (χ1n) is 5.18. The number of aromatic hydroxyl groups is 1. The van der Waals surface area contributed by atoms with Gasteiger partial charge in [-0.05, 0) is 36.1 Å². The molecule has 3 nitrogen and oxygen atoms in total. The van der Waals surface area contributed by atoms with Crippen LogP contribution in [0.3, 0.4) is 0 Å². The Hall–Kier alpha value is -1.03. The number of benzene rings is 1. The van der Waals surface area contributed by atoms with Crippen molar-refractivity contribution in [2.45, 2.75) is 26.7 Å². The molecule has 0 amide bonds. The largest absolute Gasteiger partial charge is 0.507 e. The number of aryl methyl sites for hydroxylation is 1. The molecule has 88 valence electrons. The zero-order valence-electron chi connectivity index (χ0n) is 9.33. The van der Waals surface area contributed by atoms with Crippen LogP contribution in [0.1, 0.15) is 25.0 Å². The summed E-state index contributed by atoms with van der Waals surface area (Å²) in [7, 11) is 0. The second-order valence-electron chi connectivity index (χ2n) is 3.87. The van der Waals surface area contributed by atoms with E-state index in [9.17, 15) is 9.90 Å². The van der Waals surface area contributed by atoms with Crippen LogP contribution >= 0.6 is 15.9 Å². The van der Waals surface area contributed by atoms with E-state index in [2.05, 4.69) is 15.9 Å². The van der Waals surface area contributed by atoms with E-state index in [1.807, 2.05) is 13.0 Å². The van der Waals surface area contributed by atoms with E-state index in [4.69, 9.17) is 5.11 Å². The van der Waals surface area contributed by atoms with Gasteiger partial charge in [0.25, 0.3) is 0 Å². The third kappa shape index (κ3) is 2.98. The van der Waals surface area contributed by atoms with Gasteiger partial charge in [-0.3, -0.25) is 4.79 Å². The molecule has 0 bridgehead atoms. The van der Waals surface area contributed by atoms with Crippen molar-refractivity contribution in [3.8, 4) is 5.75 Å². The van der Waals surface area contributed by atoms with E-state index in [1.54, 1.807) is 13.0 Å². The van der Waals surface area contributed by atoms with Crippen molar-refractivity contribution >= 4 is 21.9 Å². The summed E-state index contributed by atoms with van der Waals surface area (Å²) in [5, 5.41) is 18.8. The smallest absolute Gasteiger partial charge is 0.306 e. The highest BCUT2D eigenvalue weighted by Crippen LogP contribution is 2.29. The van der Waals surface area contributed by atoms with Gasteiger partial charge in [0.2, 0.25) is 0 Å². The Labute approximate surface area is 103 Å². The number of phenols is 1. The van der Waals surface area contributed by atoms with Crippen LogP contribution in [0.5, 0.6) is 5.75 Å². The summed E-state index contributed by atoms with van der Waals surface area (Å²) < 4.78 is 0.870. The Morgan fingerprint density at radius 3 is 2.50 bits per heavy atom. The Morgan fingerprint density at radius 1 is 1.44 bits per heavy atom. The number of carboxylic acids is 1. The molecule has 1 atom stereocenters. The molecule has 4 heteroatoms. The fraction of sp³-hybridized carbons (Fsp3) is 0.417. The first-order valence-corrected chi connectivity index (χ1v) is 5.98. The van der Waals surface area contributed by atoms with Crippen LogP contribution in [0, 0.1) is 5.92 Å². The molecule has 16 heavy (non-hydrogen) atoms. The minimum absolute atomic E-state index is 0.221. The van der Waals surface area contributed by atoms with Crippen LogP contribution in [0.2, 0.25) is 0 Å². The number of carboxylic acid groups (broad SMARTS) is 1. The molecule has 0 aromatic heterocycles. The number of phenolic OH excluding ortho intramolecular Hbond substituents is 1. The lowest BCUT2D eigenvalue weighted by Crippen LogP contribution is -2.12. The highest BCUT2D eigenvalue weighted by atomic mass is 79.9. The second-order valence-corrected chi connectivity index (χ2v) is 4.79. The Morgan fingerprint density at radius 2 is 2.00 bits per heavy atom. The molecule has 0 aliphatic heterocycles. The highest BCUT2D eigenvalue weighted by Gasteiger charge is 2.16. The molecule has 0 radical (unpaired) electrons. The number of aliphatic carboxylic acids is 1. The van der Waals surface area contributed by atoms with Gasteiger partial charge in [-0.25, -0.2) is 0 Å². The van der Waals surface area contributed by atoms with Gasteiger partial charge in [-0.2, -0.15) is 0 Å². The molecule has 0 aliphatic carbocycles.